The molecule has 0 unspecified atom stereocenters. The summed E-state index contributed by atoms with van der Waals surface area (Å²) in [6.45, 7) is 4.99. The highest BCUT2D eigenvalue weighted by Crippen LogP contribution is 2.13. The number of nitrogens with one attached hydrogen (secondary N) is 1. The molecule has 106 valence electrons. The van der Waals surface area contributed by atoms with Crippen molar-refractivity contribution in [1.29, 1.82) is 0 Å². The van der Waals surface area contributed by atoms with Gasteiger partial charge in [-0.3, -0.25) is 4.79 Å². The first-order chi connectivity index (χ1) is 9.13. The summed E-state index contributed by atoms with van der Waals surface area (Å²) in [4.78, 5) is 11.8. The van der Waals surface area contributed by atoms with E-state index in [4.69, 9.17) is 14.6 Å². The van der Waals surface area contributed by atoms with Crippen LogP contribution in [0.4, 0.5) is 0 Å². The first kappa shape index (κ1) is 15.5. The quantitative estimate of drug-likeness (QED) is 0.695. The molecule has 0 saturated carbocycles. The van der Waals surface area contributed by atoms with Gasteiger partial charge in [-0.25, -0.2) is 0 Å². The van der Waals surface area contributed by atoms with Crippen LogP contribution in [-0.2, 0) is 4.74 Å². The Labute approximate surface area is 113 Å². The highest BCUT2D eigenvalue weighted by atomic mass is 16.5. The second kappa shape index (κ2) is 8.50. The molecule has 2 N–H and O–H groups in total. The molecular weight excluding hydrogens is 246 g/mol. The molecule has 0 aliphatic carbocycles. The molecule has 0 aromatic heterocycles. The van der Waals surface area contributed by atoms with Crippen LogP contribution in [0.3, 0.4) is 0 Å². The van der Waals surface area contributed by atoms with E-state index in [1.54, 1.807) is 24.3 Å². The molecule has 5 nitrogen and oxygen atoms in total. The molecule has 5 heteroatoms. The Morgan fingerprint density at radius 1 is 1.26 bits per heavy atom. The summed E-state index contributed by atoms with van der Waals surface area (Å²) >= 11 is 0. The van der Waals surface area contributed by atoms with E-state index < -0.39 is 0 Å². The van der Waals surface area contributed by atoms with Crippen molar-refractivity contribution in [1.82, 2.24) is 5.32 Å². The van der Waals surface area contributed by atoms with Crippen molar-refractivity contribution < 1.29 is 19.4 Å². The predicted octanol–water partition coefficient (Wildman–Crippen LogP) is 1.21. The summed E-state index contributed by atoms with van der Waals surface area (Å²) in [5.74, 6) is 0.599. The van der Waals surface area contributed by atoms with Crippen LogP contribution < -0.4 is 10.1 Å². The van der Waals surface area contributed by atoms with E-state index in [2.05, 4.69) is 5.32 Å². The van der Waals surface area contributed by atoms with Crippen LogP contribution in [0.5, 0.6) is 5.75 Å². The highest BCUT2D eigenvalue weighted by Gasteiger charge is 2.05. The van der Waals surface area contributed by atoms with Crippen molar-refractivity contribution in [2.45, 2.75) is 20.0 Å². The Morgan fingerprint density at radius 2 is 1.95 bits per heavy atom. The topological polar surface area (TPSA) is 67.8 Å². The zero-order valence-corrected chi connectivity index (χ0v) is 11.4. The average Bonchev–Trinajstić information content (AvgIpc) is 2.38. The van der Waals surface area contributed by atoms with Gasteiger partial charge in [0.1, 0.15) is 5.75 Å². The zero-order chi connectivity index (χ0) is 14.1. The Balaban J connectivity index is 2.36. The summed E-state index contributed by atoms with van der Waals surface area (Å²) in [5.41, 5.74) is 0.582. The van der Waals surface area contributed by atoms with Gasteiger partial charge < -0.3 is 19.9 Å². The number of amides is 1. The summed E-state index contributed by atoms with van der Waals surface area (Å²) in [7, 11) is 0. The third kappa shape index (κ3) is 6.22. The van der Waals surface area contributed by atoms with E-state index in [1.807, 2.05) is 13.8 Å². The molecule has 0 atom stereocenters. The fraction of sp³-hybridized carbons (Fsp3) is 0.500. The number of aliphatic hydroxyl groups is 1. The highest BCUT2D eigenvalue weighted by molar-refractivity contribution is 5.94. The molecule has 1 amide bonds. The normalized spacial score (nSPS) is 10.5. The SMILES string of the molecule is CC(C)Oc1ccc(C(=O)NCCOCCO)cc1. The second-order valence-corrected chi connectivity index (χ2v) is 4.28. The average molecular weight is 267 g/mol. The first-order valence-corrected chi connectivity index (χ1v) is 6.37. The summed E-state index contributed by atoms with van der Waals surface area (Å²) < 4.78 is 10.5. The fourth-order valence-corrected chi connectivity index (χ4v) is 1.46. The molecule has 0 aliphatic rings. The maximum absolute atomic E-state index is 11.8. The van der Waals surface area contributed by atoms with E-state index >= 15 is 0 Å². The van der Waals surface area contributed by atoms with Crippen LogP contribution in [-0.4, -0.2) is 43.5 Å². The predicted molar refractivity (Wildman–Crippen MR) is 72.4 cm³/mol. The molecule has 0 fully saturated rings. The van der Waals surface area contributed by atoms with Crippen molar-refractivity contribution in [2.24, 2.45) is 0 Å². The van der Waals surface area contributed by atoms with Crippen LogP contribution in [0.2, 0.25) is 0 Å². The van der Waals surface area contributed by atoms with E-state index in [0.29, 0.717) is 18.7 Å². The molecule has 0 bridgehead atoms. The first-order valence-electron chi connectivity index (χ1n) is 6.37. The van der Waals surface area contributed by atoms with Gasteiger partial charge >= 0.3 is 0 Å². The number of carbonyl (C=O) groups is 1. The third-order valence-electron chi connectivity index (χ3n) is 2.26. The zero-order valence-electron chi connectivity index (χ0n) is 11.4. The molecular formula is C14H21NO4. The number of carbonyl (C=O) groups excluding carboxylic acids is 1. The lowest BCUT2D eigenvalue weighted by molar-refractivity contribution is 0.0838. The Kier molecular flexibility index (Phi) is 6.92. The van der Waals surface area contributed by atoms with Crippen molar-refractivity contribution in [2.75, 3.05) is 26.4 Å². The fourth-order valence-electron chi connectivity index (χ4n) is 1.46. The molecule has 0 heterocycles. The van der Waals surface area contributed by atoms with Crippen LogP contribution in [0.15, 0.2) is 24.3 Å². The van der Waals surface area contributed by atoms with Gasteiger partial charge in [-0.05, 0) is 38.1 Å². The van der Waals surface area contributed by atoms with Gasteiger partial charge in [0.15, 0.2) is 0 Å². The van der Waals surface area contributed by atoms with Crippen LogP contribution >= 0.6 is 0 Å². The van der Waals surface area contributed by atoms with Gasteiger partial charge in [-0.1, -0.05) is 0 Å². The van der Waals surface area contributed by atoms with E-state index in [9.17, 15) is 4.79 Å². The standard InChI is InChI=1S/C14H21NO4/c1-11(2)19-13-5-3-12(4-6-13)14(17)15-7-9-18-10-8-16/h3-6,11,16H,7-10H2,1-2H3,(H,15,17). The summed E-state index contributed by atoms with van der Waals surface area (Å²) in [6, 6.07) is 7.00. The second-order valence-electron chi connectivity index (χ2n) is 4.28. The Bertz CT molecular complexity index is 376. The van der Waals surface area contributed by atoms with E-state index in [-0.39, 0.29) is 25.2 Å². The monoisotopic (exact) mass is 267 g/mol. The summed E-state index contributed by atoms with van der Waals surface area (Å²) in [6.07, 6.45) is 0.114. The molecule has 1 rings (SSSR count). The van der Waals surface area contributed by atoms with Gasteiger partial charge in [-0.2, -0.15) is 0 Å². The lowest BCUT2D eigenvalue weighted by atomic mass is 10.2. The number of benzene rings is 1. The Morgan fingerprint density at radius 3 is 2.53 bits per heavy atom. The molecule has 0 radical (unpaired) electrons. The number of ether oxygens (including phenoxy) is 2. The van der Waals surface area contributed by atoms with Crippen molar-refractivity contribution in [3.05, 3.63) is 29.8 Å². The lowest BCUT2D eigenvalue weighted by Crippen LogP contribution is -2.27. The lowest BCUT2D eigenvalue weighted by Gasteiger charge is -2.10. The van der Waals surface area contributed by atoms with Gasteiger partial charge in [0.25, 0.3) is 5.91 Å². The van der Waals surface area contributed by atoms with Gasteiger partial charge in [0, 0.05) is 12.1 Å². The van der Waals surface area contributed by atoms with E-state index in [0.717, 1.165) is 5.75 Å². The minimum absolute atomic E-state index is 0.00867. The molecule has 1 aromatic rings. The van der Waals surface area contributed by atoms with Gasteiger partial charge in [0.2, 0.25) is 0 Å². The van der Waals surface area contributed by atoms with Crippen LogP contribution in [0.1, 0.15) is 24.2 Å². The number of rotatable bonds is 8. The molecule has 19 heavy (non-hydrogen) atoms. The van der Waals surface area contributed by atoms with E-state index in [1.165, 1.54) is 0 Å². The number of hydrogen-bond acceptors (Lipinski definition) is 4. The smallest absolute Gasteiger partial charge is 0.251 e. The summed E-state index contributed by atoms with van der Waals surface area (Å²) in [5, 5.41) is 11.2. The molecule has 1 aromatic carbocycles. The van der Waals surface area contributed by atoms with Gasteiger partial charge in [0.05, 0.1) is 25.9 Å². The van der Waals surface area contributed by atoms with Crippen molar-refractivity contribution in [3.63, 3.8) is 0 Å². The Hall–Kier alpha value is -1.59. The van der Waals surface area contributed by atoms with Crippen molar-refractivity contribution in [3.8, 4) is 5.75 Å². The third-order valence-corrected chi connectivity index (χ3v) is 2.26. The minimum Gasteiger partial charge on any atom is -0.491 e. The van der Waals surface area contributed by atoms with Gasteiger partial charge in [-0.15, -0.1) is 0 Å². The minimum atomic E-state index is -0.149. The molecule has 0 spiro atoms. The maximum Gasteiger partial charge on any atom is 0.251 e. The van der Waals surface area contributed by atoms with Crippen molar-refractivity contribution >= 4 is 5.91 Å². The maximum atomic E-state index is 11.8. The molecule has 0 aliphatic heterocycles. The molecule has 0 saturated heterocycles. The van der Waals surface area contributed by atoms with Crippen LogP contribution in [0.25, 0.3) is 0 Å². The largest absolute Gasteiger partial charge is 0.491 e. The van der Waals surface area contributed by atoms with Crippen LogP contribution in [0, 0.1) is 0 Å². The number of aliphatic hydroxyl groups excluding tert-OH is 1. The number of hydrogen-bond donors (Lipinski definition) is 2.